The van der Waals surface area contributed by atoms with Crippen LogP contribution in [0.1, 0.15) is 51.3 Å². The number of aromatic amines is 1. The second-order valence-electron chi connectivity index (χ2n) is 8.48. The van der Waals surface area contributed by atoms with Gasteiger partial charge in [-0.05, 0) is 61.1 Å². The quantitative estimate of drug-likeness (QED) is 0.580. The minimum absolute atomic E-state index is 0.0441. The van der Waals surface area contributed by atoms with Crippen molar-refractivity contribution in [2.45, 2.75) is 32.7 Å². The fourth-order valence-corrected chi connectivity index (χ4v) is 4.85. The molecule has 3 aromatic rings. The first-order valence-electron chi connectivity index (χ1n) is 10.8. The summed E-state index contributed by atoms with van der Waals surface area (Å²) in [6.45, 7) is 2.41. The number of carbonyl (C=O) groups is 2. The van der Waals surface area contributed by atoms with E-state index in [-0.39, 0.29) is 17.6 Å². The van der Waals surface area contributed by atoms with Gasteiger partial charge in [-0.3, -0.25) is 9.59 Å². The number of benzene rings is 2. The van der Waals surface area contributed by atoms with Crippen molar-refractivity contribution in [2.75, 3.05) is 12.4 Å². The largest absolute Gasteiger partial charge is 0.358 e. The maximum absolute atomic E-state index is 13.9. The molecule has 0 radical (unpaired) electrons. The fourth-order valence-electron chi connectivity index (χ4n) is 4.85. The molecule has 0 atom stereocenters. The van der Waals surface area contributed by atoms with Crippen molar-refractivity contribution in [3.05, 3.63) is 88.0 Å². The lowest BCUT2D eigenvalue weighted by Crippen LogP contribution is -2.27. The molecule has 2 aromatic carbocycles. The number of aryl methyl sites for hydroxylation is 1. The molecule has 162 valence electrons. The standard InChI is InChI=1S/C26H24FN3O2/c1-15-22(26(32)30(2)14-16-7-4-3-5-8-16)18-9-6-10-19(24(18)28-15)23-20-13-17(27)11-12-21(20)29-25(23)31/h3-5,7-8,11-13,28H,6,9-10,14H2,1-2H3,(H,29,31). The van der Waals surface area contributed by atoms with Crippen molar-refractivity contribution in [2.24, 2.45) is 0 Å². The van der Waals surface area contributed by atoms with E-state index in [1.54, 1.807) is 18.0 Å². The first kappa shape index (κ1) is 20.2. The van der Waals surface area contributed by atoms with Gasteiger partial charge in [0.15, 0.2) is 0 Å². The van der Waals surface area contributed by atoms with Crippen molar-refractivity contribution in [3.8, 4) is 0 Å². The molecule has 0 fully saturated rings. The Morgan fingerprint density at radius 2 is 1.91 bits per heavy atom. The molecule has 5 nitrogen and oxygen atoms in total. The van der Waals surface area contributed by atoms with Crippen LogP contribution in [0.3, 0.4) is 0 Å². The lowest BCUT2D eigenvalue weighted by atomic mass is 9.86. The van der Waals surface area contributed by atoms with Crippen LogP contribution >= 0.6 is 0 Å². The van der Waals surface area contributed by atoms with Crippen molar-refractivity contribution < 1.29 is 14.0 Å². The van der Waals surface area contributed by atoms with E-state index in [0.717, 1.165) is 40.9 Å². The number of nitrogens with one attached hydrogen (secondary N) is 2. The molecule has 1 aromatic heterocycles. The van der Waals surface area contributed by atoms with Crippen LogP contribution in [0.2, 0.25) is 0 Å². The van der Waals surface area contributed by atoms with E-state index in [9.17, 15) is 14.0 Å². The molecule has 2 N–H and O–H groups in total. The first-order valence-corrected chi connectivity index (χ1v) is 10.8. The Labute approximate surface area is 186 Å². The van der Waals surface area contributed by atoms with Crippen LogP contribution in [0.25, 0.3) is 11.1 Å². The van der Waals surface area contributed by atoms with E-state index in [4.69, 9.17) is 0 Å². The Kier molecular flexibility index (Phi) is 4.93. The number of halogens is 1. The Hall–Kier alpha value is -3.67. The Morgan fingerprint density at radius 1 is 1.12 bits per heavy atom. The van der Waals surface area contributed by atoms with E-state index in [1.807, 2.05) is 37.3 Å². The number of allylic oxidation sites excluding steroid dienone is 1. The van der Waals surface area contributed by atoms with Gasteiger partial charge in [-0.2, -0.15) is 0 Å². The molecule has 5 rings (SSSR count). The zero-order chi connectivity index (χ0) is 22.4. The Morgan fingerprint density at radius 3 is 2.69 bits per heavy atom. The number of hydrogen-bond acceptors (Lipinski definition) is 2. The van der Waals surface area contributed by atoms with Crippen molar-refractivity contribution >= 4 is 28.6 Å². The van der Waals surface area contributed by atoms with Gasteiger partial charge in [-0.25, -0.2) is 4.39 Å². The van der Waals surface area contributed by atoms with Crippen molar-refractivity contribution in [3.63, 3.8) is 0 Å². The zero-order valence-corrected chi connectivity index (χ0v) is 18.1. The predicted octanol–water partition coefficient (Wildman–Crippen LogP) is 4.93. The number of aromatic nitrogens is 1. The second kappa shape index (κ2) is 7.79. The molecule has 2 amide bonds. The average molecular weight is 429 g/mol. The van der Waals surface area contributed by atoms with Crippen LogP contribution in [-0.2, 0) is 17.8 Å². The van der Waals surface area contributed by atoms with Gasteiger partial charge < -0.3 is 15.2 Å². The van der Waals surface area contributed by atoms with Crippen molar-refractivity contribution in [1.29, 1.82) is 0 Å². The summed E-state index contributed by atoms with van der Waals surface area (Å²) in [4.78, 5) is 31.3. The third kappa shape index (κ3) is 3.32. The van der Waals surface area contributed by atoms with E-state index in [2.05, 4.69) is 10.3 Å². The SMILES string of the molecule is Cc1[nH]c2c(c1C(=O)N(C)Cc1ccccc1)CCCC2=C1C(=O)Nc2ccc(F)cc21. The van der Waals surface area contributed by atoms with Crippen LogP contribution in [-0.4, -0.2) is 28.7 Å². The van der Waals surface area contributed by atoms with E-state index < -0.39 is 0 Å². The van der Waals surface area contributed by atoms with Gasteiger partial charge in [0.25, 0.3) is 11.8 Å². The smallest absolute Gasteiger partial charge is 0.256 e. The van der Waals surface area contributed by atoms with Crippen LogP contribution in [0.15, 0.2) is 48.5 Å². The Balaban J connectivity index is 1.56. The average Bonchev–Trinajstić information content (AvgIpc) is 3.28. The summed E-state index contributed by atoms with van der Waals surface area (Å²) < 4.78 is 13.9. The second-order valence-corrected chi connectivity index (χ2v) is 8.48. The molecular weight excluding hydrogens is 405 g/mol. The molecule has 2 aliphatic rings. The van der Waals surface area contributed by atoms with Crippen LogP contribution in [0.4, 0.5) is 10.1 Å². The number of anilines is 1. The molecule has 0 unspecified atom stereocenters. The minimum Gasteiger partial charge on any atom is -0.358 e. The summed E-state index contributed by atoms with van der Waals surface area (Å²) in [6, 6.07) is 14.2. The van der Waals surface area contributed by atoms with Crippen molar-refractivity contribution in [1.82, 2.24) is 9.88 Å². The third-order valence-corrected chi connectivity index (χ3v) is 6.30. The summed E-state index contributed by atoms with van der Waals surface area (Å²) in [6.07, 6.45) is 2.28. The molecule has 0 saturated heterocycles. The van der Waals surface area contributed by atoms with E-state index >= 15 is 0 Å². The third-order valence-electron chi connectivity index (χ3n) is 6.30. The minimum atomic E-state index is -0.379. The number of H-pyrrole nitrogens is 1. The van der Waals surface area contributed by atoms with E-state index in [0.29, 0.717) is 35.4 Å². The molecule has 2 heterocycles. The predicted molar refractivity (Wildman–Crippen MR) is 123 cm³/mol. The monoisotopic (exact) mass is 429 g/mol. The van der Waals surface area contributed by atoms with Gasteiger partial charge in [0, 0.05) is 36.2 Å². The van der Waals surface area contributed by atoms with Gasteiger partial charge in [-0.1, -0.05) is 30.3 Å². The summed E-state index contributed by atoms with van der Waals surface area (Å²) in [7, 11) is 1.81. The molecular formula is C26H24FN3O2. The number of nitrogens with zero attached hydrogens (tertiary/aromatic N) is 1. The first-order chi connectivity index (χ1) is 15.4. The number of amides is 2. The van der Waals surface area contributed by atoms with Gasteiger partial charge in [0.2, 0.25) is 0 Å². The molecule has 0 spiro atoms. The highest BCUT2D eigenvalue weighted by Gasteiger charge is 2.33. The van der Waals surface area contributed by atoms with Crippen LogP contribution in [0.5, 0.6) is 0 Å². The molecule has 0 bridgehead atoms. The highest BCUT2D eigenvalue weighted by molar-refractivity contribution is 6.36. The van der Waals surface area contributed by atoms with Crippen LogP contribution in [0, 0.1) is 12.7 Å². The lowest BCUT2D eigenvalue weighted by Gasteiger charge is -2.21. The summed E-state index contributed by atoms with van der Waals surface area (Å²) in [5, 5.41) is 2.84. The molecule has 1 aliphatic heterocycles. The highest BCUT2D eigenvalue weighted by Crippen LogP contribution is 2.43. The van der Waals surface area contributed by atoms with Crippen LogP contribution < -0.4 is 5.32 Å². The maximum atomic E-state index is 13.9. The molecule has 0 saturated carbocycles. The zero-order valence-electron chi connectivity index (χ0n) is 18.1. The summed E-state index contributed by atoms with van der Waals surface area (Å²) in [5.74, 6) is -0.650. The highest BCUT2D eigenvalue weighted by atomic mass is 19.1. The fraction of sp³-hybridized carbons (Fsp3) is 0.231. The van der Waals surface area contributed by atoms with Gasteiger partial charge in [0.05, 0.1) is 11.1 Å². The summed E-state index contributed by atoms with van der Waals surface area (Å²) >= 11 is 0. The normalized spacial score (nSPS) is 17.0. The number of fused-ring (bicyclic) bond motifs is 2. The van der Waals surface area contributed by atoms with E-state index in [1.165, 1.54) is 12.1 Å². The molecule has 32 heavy (non-hydrogen) atoms. The lowest BCUT2D eigenvalue weighted by molar-refractivity contribution is -0.110. The molecule has 6 heteroatoms. The Bertz CT molecular complexity index is 1270. The maximum Gasteiger partial charge on any atom is 0.256 e. The topological polar surface area (TPSA) is 65.2 Å². The van der Waals surface area contributed by atoms with Gasteiger partial charge >= 0.3 is 0 Å². The molecule has 1 aliphatic carbocycles. The number of hydrogen-bond donors (Lipinski definition) is 2. The van der Waals surface area contributed by atoms with Gasteiger partial charge in [0.1, 0.15) is 5.82 Å². The summed E-state index contributed by atoms with van der Waals surface area (Å²) in [5.41, 5.74) is 6.85. The van der Waals surface area contributed by atoms with Gasteiger partial charge in [-0.15, -0.1) is 0 Å². The number of carbonyl (C=O) groups excluding carboxylic acids is 2. The number of rotatable bonds is 3.